The molecule has 37 heavy (non-hydrogen) atoms. The zero-order valence-electron chi connectivity index (χ0n) is 19.2. The summed E-state index contributed by atoms with van der Waals surface area (Å²) in [6.45, 7) is 0.309. The quantitative estimate of drug-likeness (QED) is 0.263. The predicted octanol–water partition coefficient (Wildman–Crippen LogP) is 6.25. The van der Waals surface area contributed by atoms with Crippen LogP contribution in [0, 0.1) is 17.6 Å². The maximum atomic E-state index is 13.5. The molecular weight excluding hydrogens is 517 g/mol. The van der Waals surface area contributed by atoms with Crippen LogP contribution < -0.4 is 4.74 Å². The Kier molecular flexibility index (Phi) is 7.93. The Labute approximate surface area is 210 Å². The molecule has 1 unspecified atom stereocenters. The van der Waals surface area contributed by atoms with Crippen LogP contribution in [0.4, 0.5) is 22.0 Å². The van der Waals surface area contributed by atoms with Gasteiger partial charge in [0.1, 0.15) is 17.4 Å². The van der Waals surface area contributed by atoms with Crippen molar-refractivity contribution in [2.45, 2.75) is 36.1 Å². The Morgan fingerprint density at radius 3 is 1.95 bits per heavy atom. The summed E-state index contributed by atoms with van der Waals surface area (Å²) in [6.07, 6.45) is -3.14. The summed E-state index contributed by atoms with van der Waals surface area (Å²) in [5.41, 5.74) is 1.51. The summed E-state index contributed by atoms with van der Waals surface area (Å²) in [6, 6.07) is 15.6. The number of rotatable bonds is 7. The lowest BCUT2D eigenvalue weighted by Gasteiger charge is -2.34. The number of sulfonamides is 1. The third kappa shape index (κ3) is 7.14. The molecule has 1 fully saturated rings. The smallest absolute Gasteiger partial charge is 0.406 e. The van der Waals surface area contributed by atoms with E-state index < -0.39 is 39.9 Å². The first-order valence-electron chi connectivity index (χ1n) is 11.3. The molecule has 2 atom stereocenters. The number of benzene rings is 3. The Morgan fingerprint density at radius 2 is 1.43 bits per heavy atom. The highest BCUT2D eigenvalue weighted by molar-refractivity contribution is 7.90. The second kappa shape index (κ2) is 11.0. The van der Waals surface area contributed by atoms with Gasteiger partial charge in [0.2, 0.25) is 0 Å². The summed E-state index contributed by atoms with van der Waals surface area (Å²) >= 11 is 0. The van der Waals surface area contributed by atoms with Gasteiger partial charge in [0.15, 0.2) is 0 Å². The maximum Gasteiger partial charge on any atom is 0.573 e. The molecule has 0 amide bonds. The molecule has 0 aliphatic carbocycles. The molecule has 11 heteroatoms. The van der Waals surface area contributed by atoms with Gasteiger partial charge in [-0.15, -0.1) is 13.2 Å². The van der Waals surface area contributed by atoms with Crippen LogP contribution in [0.25, 0.3) is 0 Å². The molecule has 0 N–H and O–H groups in total. The standard InChI is InChI=1S/C26H22F5NO4S/c27-20-5-1-18(2-6-20)25(19-3-7-21(28)8-4-19)24-15-17(13-14-35-24)16-32-37(33,34)23-11-9-22(10-12-23)36-26(29,30)31/h1-12,16-17,24-25H,13-15H2/b32-16+/t17?,24-/m0/s1. The van der Waals surface area contributed by atoms with E-state index in [1.54, 1.807) is 24.3 Å². The minimum absolute atomic E-state index is 0.280. The van der Waals surface area contributed by atoms with Crippen LogP contribution in [0.1, 0.15) is 29.9 Å². The fourth-order valence-electron chi connectivity index (χ4n) is 4.23. The van der Waals surface area contributed by atoms with Crippen molar-refractivity contribution in [1.29, 1.82) is 0 Å². The molecule has 0 radical (unpaired) electrons. The minimum atomic E-state index is -4.89. The molecule has 0 aromatic heterocycles. The van der Waals surface area contributed by atoms with Gasteiger partial charge in [-0.2, -0.15) is 12.8 Å². The van der Waals surface area contributed by atoms with Gasteiger partial charge in [0, 0.05) is 18.7 Å². The Hall–Kier alpha value is -3.31. The van der Waals surface area contributed by atoms with E-state index in [-0.39, 0.29) is 16.7 Å². The van der Waals surface area contributed by atoms with Gasteiger partial charge in [0.25, 0.3) is 10.0 Å². The number of halogens is 5. The van der Waals surface area contributed by atoms with E-state index in [1.807, 2.05) is 0 Å². The van der Waals surface area contributed by atoms with Gasteiger partial charge in [0.05, 0.1) is 11.0 Å². The number of nitrogens with zero attached hydrogens (tertiary/aromatic N) is 1. The van der Waals surface area contributed by atoms with Crippen molar-refractivity contribution in [1.82, 2.24) is 0 Å². The third-order valence-electron chi connectivity index (χ3n) is 5.95. The van der Waals surface area contributed by atoms with E-state index >= 15 is 0 Å². The van der Waals surface area contributed by atoms with E-state index in [0.717, 1.165) is 35.4 Å². The third-order valence-corrected chi connectivity index (χ3v) is 7.22. The Balaban J connectivity index is 1.52. The van der Waals surface area contributed by atoms with Gasteiger partial charge in [-0.1, -0.05) is 24.3 Å². The fraction of sp³-hybridized carbons (Fsp3) is 0.269. The highest BCUT2D eigenvalue weighted by Gasteiger charge is 2.32. The average molecular weight is 540 g/mol. The molecular formula is C26H22F5NO4S. The normalized spacial score (nSPS) is 18.9. The summed E-state index contributed by atoms with van der Waals surface area (Å²) in [5.74, 6) is -2.01. The van der Waals surface area contributed by atoms with E-state index in [9.17, 15) is 30.4 Å². The molecule has 1 heterocycles. The van der Waals surface area contributed by atoms with Crippen molar-refractivity contribution in [2.75, 3.05) is 6.61 Å². The summed E-state index contributed by atoms with van der Waals surface area (Å²) in [7, 11) is -4.16. The first-order chi connectivity index (χ1) is 17.5. The topological polar surface area (TPSA) is 65.0 Å². The van der Waals surface area contributed by atoms with Gasteiger partial charge in [-0.05, 0) is 78.4 Å². The zero-order valence-corrected chi connectivity index (χ0v) is 20.1. The van der Waals surface area contributed by atoms with Crippen molar-refractivity contribution in [3.05, 3.63) is 95.6 Å². The largest absolute Gasteiger partial charge is 0.573 e. The van der Waals surface area contributed by atoms with E-state index in [4.69, 9.17) is 4.74 Å². The minimum Gasteiger partial charge on any atom is -0.406 e. The Morgan fingerprint density at radius 1 is 0.892 bits per heavy atom. The number of ether oxygens (including phenoxy) is 2. The van der Waals surface area contributed by atoms with Crippen molar-refractivity contribution < 1.29 is 39.8 Å². The van der Waals surface area contributed by atoms with Crippen LogP contribution in [-0.2, 0) is 14.8 Å². The molecule has 3 aromatic carbocycles. The highest BCUT2D eigenvalue weighted by atomic mass is 32.2. The second-order valence-corrected chi connectivity index (χ2v) is 10.2. The molecule has 1 saturated heterocycles. The van der Waals surface area contributed by atoms with Gasteiger partial charge >= 0.3 is 6.36 Å². The molecule has 1 aliphatic rings. The molecule has 1 aliphatic heterocycles. The summed E-state index contributed by atoms with van der Waals surface area (Å²) in [4.78, 5) is -0.280. The maximum absolute atomic E-state index is 13.5. The summed E-state index contributed by atoms with van der Waals surface area (Å²) < 4.78 is 103. The van der Waals surface area contributed by atoms with Crippen LogP contribution in [0.15, 0.2) is 82.1 Å². The van der Waals surface area contributed by atoms with Crippen LogP contribution in [0.2, 0.25) is 0 Å². The number of alkyl halides is 3. The van der Waals surface area contributed by atoms with E-state index in [2.05, 4.69) is 9.13 Å². The monoisotopic (exact) mass is 539 g/mol. The lowest BCUT2D eigenvalue weighted by Crippen LogP contribution is -2.32. The van der Waals surface area contributed by atoms with Gasteiger partial charge in [-0.25, -0.2) is 8.78 Å². The molecule has 0 spiro atoms. The van der Waals surface area contributed by atoms with Crippen molar-refractivity contribution >= 4 is 16.2 Å². The second-order valence-electron chi connectivity index (χ2n) is 8.52. The van der Waals surface area contributed by atoms with E-state index in [0.29, 0.717) is 19.4 Å². The van der Waals surface area contributed by atoms with Crippen LogP contribution in [0.5, 0.6) is 5.75 Å². The fourth-order valence-corrected chi connectivity index (χ4v) is 5.16. The first-order valence-corrected chi connectivity index (χ1v) is 12.7. The van der Waals surface area contributed by atoms with Crippen molar-refractivity contribution in [2.24, 2.45) is 10.3 Å². The predicted molar refractivity (Wildman–Crippen MR) is 126 cm³/mol. The highest BCUT2D eigenvalue weighted by Crippen LogP contribution is 2.36. The van der Waals surface area contributed by atoms with Gasteiger partial charge < -0.3 is 9.47 Å². The molecule has 0 saturated carbocycles. The molecule has 5 nitrogen and oxygen atoms in total. The van der Waals surface area contributed by atoms with Crippen LogP contribution >= 0.6 is 0 Å². The van der Waals surface area contributed by atoms with Gasteiger partial charge in [-0.3, -0.25) is 0 Å². The van der Waals surface area contributed by atoms with Crippen molar-refractivity contribution in [3.63, 3.8) is 0 Å². The Bertz CT molecular complexity index is 1280. The molecule has 4 rings (SSSR count). The van der Waals surface area contributed by atoms with E-state index in [1.165, 1.54) is 30.5 Å². The molecule has 196 valence electrons. The van der Waals surface area contributed by atoms with Crippen molar-refractivity contribution in [3.8, 4) is 5.75 Å². The molecule has 3 aromatic rings. The number of hydrogen-bond acceptors (Lipinski definition) is 4. The average Bonchev–Trinajstić information content (AvgIpc) is 2.85. The van der Waals surface area contributed by atoms with Crippen LogP contribution in [-0.4, -0.2) is 33.7 Å². The SMILES string of the molecule is O=S(=O)(/N=C/C1CCO[C@H](C(c2ccc(F)cc2)c2ccc(F)cc2)C1)c1ccc(OC(F)(F)F)cc1. The zero-order chi connectivity index (χ0) is 26.6. The first kappa shape index (κ1) is 26.7. The lowest BCUT2D eigenvalue weighted by atomic mass is 9.81. The molecule has 0 bridgehead atoms. The number of hydrogen-bond donors (Lipinski definition) is 0. The summed E-state index contributed by atoms with van der Waals surface area (Å²) in [5, 5.41) is 0. The lowest BCUT2D eigenvalue weighted by molar-refractivity contribution is -0.274. The van der Waals surface area contributed by atoms with Crippen LogP contribution in [0.3, 0.4) is 0 Å².